The largest absolute Gasteiger partial charge is 0.464 e. The number of hydrogen-bond acceptors (Lipinski definition) is 5. The first-order valence-electron chi connectivity index (χ1n) is 8.62. The molecule has 0 unspecified atom stereocenters. The van der Waals surface area contributed by atoms with E-state index in [0.29, 0.717) is 11.1 Å². The number of hydrogen-bond donors (Lipinski definition) is 2. The number of fused-ring (bicyclic) bond motifs is 1. The van der Waals surface area contributed by atoms with Gasteiger partial charge in [0.25, 0.3) is 0 Å². The highest BCUT2D eigenvalue weighted by Crippen LogP contribution is 2.24. The van der Waals surface area contributed by atoms with Crippen LogP contribution < -0.4 is 5.32 Å². The first-order valence-corrected chi connectivity index (χ1v) is 8.62. The second kappa shape index (κ2) is 8.22. The van der Waals surface area contributed by atoms with Gasteiger partial charge < -0.3 is 19.9 Å². The van der Waals surface area contributed by atoms with Crippen molar-refractivity contribution in [2.45, 2.75) is 39.7 Å². The predicted octanol–water partition coefficient (Wildman–Crippen LogP) is 3.49. The molecule has 1 aromatic heterocycles. The SMILES string of the molecule is CCOC(=O)c1cc2ccc(NC(=O)CCOC(C)(C)C)cc2n1C(=O)O. The van der Waals surface area contributed by atoms with E-state index < -0.39 is 12.1 Å². The molecular weight excluding hydrogens is 352 g/mol. The van der Waals surface area contributed by atoms with Gasteiger partial charge in [0.15, 0.2) is 0 Å². The molecule has 0 aliphatic heterocycles. The number of aromatic nitrogens is 1. The van der Waals surface area contributed by atoms with E-state index in [1.54, 1.807) is 19.1 Å². The maximum absolute atomic E-state index is 12.1. The summed E-state index contributed by atoms with van der Waals surface area (Å²) in [4.78, 5) is 35.7. The minimum Gasteiger partial charge on any atom is -0.464 e. The molecule has 1 aromatic carbocycles. The van der Waals surface area contributed by atoms with Crippen LogP contribution in [0.15, 0.2) is 24.3 Å². The molecule has 8 heteroatoms. The van der Waals surface area contributed by atoms with Crippen LogP contribution >= 0.6 is 0 Å². The van der Waals surface area contributed by atoms with Crippen LogP contribution in [-0.4, -0.2) is 46.5 Å². The van der Waals surface area contributed by atoms with Crippen molar-refractivity contribution in [2.24, 2.45) is 0 Å². The Hall–Kier alpha value is -2.87. The second-order valence-corrected chi connectivity index (χ2v) is 6.90. The quantitative estimate of drug-likeness (QED) is 0.748. The first kappa shape index (κ1) is 20.4. The van der Waals surface area contributed by atoms with E-state index >= 15 is 0 Å². The van der Waals surface area contributed by atoms with Crippen molar-refractivity contribution in [3.8, 4) is 0 Å². The fourth-order valence-corrected chi connectivity index (χ4v) is 2.51. The number of carboxylic acid groups (broad SMARTS) is 1. The number of amides is 1. The summed E-state index contributed by atoms with van der Waals surface area (Å²) in [6, 6.07) is 6.24. The number of esters is 1. The zero-order chi connectivity index (χ0) is 20.2. The molecular formula is C19H24N2O6. The van der Waals surface area contributed by atoms with Gasteiger partial charge in [-0.05, 0) is 45.9 Å². The molecule has 0 bridgehead atoms. The van der Waals surface area contributed by atoms with Gasteiger partial charge in [0.05, 0.1) is 30.8 Å². The topological polar surface area (TPSA) is 107 Å². The summed E-state index contributed by atoms with van der Waals surface area (Å²) in [6.07, 6.45) is -1.14. The summed E-state index contributed by atoms with van der Waals surface area (Å²) in [5.41, 5.74) is 0.306. The average Bonchev–Trinajstić information content (AvgIpc) is 2.92. The molecule has 0 atom stereocenters. The third kappa shape index (κ3) is 5.30. The van der Waals surface area contributed by atoms with Gasteiger partial charge in [0.1, 0.15) is 5.69 Å². The van der Waals surface area contributed by atoms with Crippen LogP contribution in [0.1, 0.15) is 44.6 Å². The van der Waals surface area contributed by atoms with E-state index in [1.807, 2.05) is 20.8 Å². The summed E-state index contributed by atoms with van der Waals surface area (Å²) in [6.45, 7) is 7.76. The van der Waals surface area contributed by atoms with Crippen molar-refractivity contribution in [1.29, 1.82) is 0 Å². The Balaban J connectivity index is 2.23. The van der Waals surface area contributed by atoms with Crippen molar-refractivity contribution in [2.75, 3.05) is 18.5 Å². The van der Waals surface area contributed by atoms with Gasteiger partial charge in [0.2, 0.25) is 5.91 Å². The average molecular weight is 376 g/mol. The highest BCUT2D eigenvalue weighted by Gasteiger charge is 2.21. The molecule has 0 saturated carbocycles. The number of carbonyl (C=O) groups excluding carboxylic acids is 2. The van der Waals surface area contributed by atoms with Crippen LogP contribution in [0.3, 0.4) is 0 Å². The molecule has 0 aliphatic carbocycles. The van der Waals surface area contributed by atoms with Crippen molar-refractivity contribution >= 4 is 34.6 Å². The van der Waals surface area contributed by atoms with Crippen LogP contribution in [0.5, 0.6) is 0 Å². The van der Waals surface area contributed by atoms with Crippen LogP contribution in [0, 0.1) is 0 Å². The molecule has 0 aliphatic rings. The highest BCUT2D eigenvalue weighted by atomic mass is 16.5. The lowest BCUT2D eigenvalue weighted by molar-refractivity contribution is -0.118. The standard InChI is InChI=1S/C19H24N2O6/c1-5-26-17(23)15-10-12-6-7-13(11-14(12)21(15)18(24)25)20-16(22)8-9-27-19(2,3)4/h6-7,10-11H,5,8-9H2,1-4H3,(H,20,22)(H,24,25). The van der Waals surface area contributed by atoms with Crippen LogP contribution in [-0.2, 0) is 14.3 Å². The summed E-state index contributed by atoms with van der Waals surface area (Å²) < 4.78 is 11.3. The molecule has 1 heterocycles. The van der Waals surface area contributed by atoms with E-state index in [4.69, 9.17) is 9.47 Å². The molecule has 0 fully saturated rings. The monoisotopic (exact) mass is 376 g/mol. The van der Waals surface area contributed by atoms with E-state index in [9.17, 15) is 19.5 Å². The Kier molecular flexibility index (Phi) is 6.22. The Labute approximate surface area is 157 Å². The first-order chi connectivity index (χ1) is 12.6. The maximum Gasteiger partial charge on any atom is 0.416 e. The zero-order valence-corrected chi connectivity index (χ0v) is 15.9. The Morgan fingerprint density at radius 3 is 2.48 bits per heavy atom. The number of nitrogens with zero attached hydrogens (tertiary/aromatic N) is 1. The number of benzene rings is 1. The molecule has 0 saturated heterocycles. The third-order valence-corrected chi connectivity index (χ3v) is 3.63. The summed E-state index contributed by atoms with van der Waals surface area (Å²) in [7, 11) is 0. The Morgan fingerprint density at radius 2 is 1.89 bits per heavy atom. The molecule has 2 rings (SSSR count). The number of anilines is 1. The zero-order valence-electron chi connectivity index (χ0n) is 15.9. The fraction of sp³-hybridized carbons (Fsp3) is 0.421. The lowest BCUT2D eigenvalue weighted by Crippen LogP contribution is -2.22. The minimum atomic E-state index is -1.31. The van der Waals surface area contributed by atoms with Gasteiger partial charge in [-0.25, -0.2) is 14.2 Å². The third-order valence-electron chi connectivity index (χ3n) is 3.63. The molecule has 0 radical (unpaired) electrons. The molecule has 2 N–H and O–H groups in total. The molecule has 27 heavy (non-hydrogen) atoms. The van der Waals surface area contributed by atoms with Gasteiger partial charge in [-0.15, -0.1) is 0 Å². The van der Waals surface area contributed by atoms with Gasteiger partial charge in [-0.3, -0.25) is 4.79 Å². The predicted molar refractivity (Wildman–Crippen MR) is 100 cm³/mol. The number of ether oxygens (including phenoxy) is 2. The van der Waals surface area contributed by atoms with Crippen LogP contribution in [0.2, 0.25) is 0 Å². The fourth-order valence-electron chi connectivity index (χ4n) is 2.51. The highest BCUT2D eigenvalue weighted by molar-refractivity contribution is 6.03. The Morgan fingerprint density at radius 1 is 1.19 bits per heavy atom. The molecule has 146 valence electrons. The lowest BCUT2D eigenvalue weighted by atomic mass is 10.2. The van der Waals surface area contributed by atoms with Gasteiger partial charge in [-0.2, -0.15) is 0 Å². The molecule has 2 aromatic rings. The number of carbonyl (C=O) groups is 3. The molecule has 1 amide bonds. The second-order valence-electron chi connectivity index (χ2n) is 6.90. The van der Waals surface area contributed by atoms with Gasteiger partial charge >= 0.3 is 12.1 Å². The van der Waals surface area contributed by atoms with Crippen LogP contribution in [0.25, 0.3) is 10.9 Å². The van der Waals surface area contributed by atoms with Crippen molar-refractivity contribution in [1.82, 2.24) is 4.57 Å². The van der Waals surface area contributed by atoms with Crippen molar-refractivity contribution in [3.63, 3.8) is 0 Å². The summed E-state index contributed by atoms with van der Waals surface area (Å²) in [5.74, 6) is -0.973. The van der Waals surface area contributed by atoms with Gasteiger partial charge in [-0.1, -0.05) is 6.07 Å². The van der Waals surface area contributed by atoms with Crippen molar-refractivity contribution < 1.29 is 29.0 Å². The number of rotatable bonds is 6. The number of nitrogens with one attached hydrogen (secondary N) is 1. The van der Waals surface area contributed by atoms with E-state index in [2.05, 4.69) is 5.32 Å². The molecule has 8 nitrogen and oxygen atoms in total. The summed E-state index contributed by atoms with van der Waals surface area (Å²) in [5, 5.41) is 12.7. The minimum absolute atomic E-state index is 0.0820. The van der Waals surface area contributed by atoms with Crippen LogP contribution in [0.4, 0.5) is 10.5 Å². The van der Waals surface area contributed by atoms with E-state index in [-0.39, 0.29) is 42.4 Å². The maximum atomic E-state index is 12.1. The molecule has 0 spiro atoms. The summed E-state index contributed by atoms with van der Waals surface area (Å²) >= 11 is 0. The van der Waals surface area contributed by atoms with E-state index in [1.165, 1.54) is 12.1 Å². The lowest BCUT2D eigenvalue weighted by Gasteiger charge is -2.19. The smallest absolute Gasteiger partial charge is 0.416 e. The van der Waals surface area contributed by atoms with E-state index in [0.717, 1.165) is 4.57 Å². The normalized spacial score (nSPS) is 11.4. The van der Waals surface area contributed by atoms with Crippen molar-refractivity contribution in [3.05, 3.63) is 30.0 Å². The Bertz CT molecular complexity index is 863. The van der Waals surface area contributed by atoms with Gasteiger partial charge in [0, 0.05) is 11.1 Å².